The standard InChI is InChI=1S/C15H15N3O2/c1-18(2)15(20)13-10-16-9-8-12(13)14(19)17-11-6-4-3-5-7-11/h3-10H,1-2H3,(H,17,19). The van der Waals surface area contributed by atoms with E-state index < -0.39 is 0 Å². The van der Waals surface area contributed by atoms with Crippen LogP contribution in [0, 0.1) is 0 Å². The highest BCUT2D eigenvalue weighted by Gasteiger charge is 2.18. The third-order valence-electron chi connectivity index (χ3n) is 2.73. The number of aromatic nitrogens is 1. The van der Waals surface area contributed by atoms with Gasteiger partial charge >= 0.3 is 0 Å². The van der Waals surface area contributed by atoms with Crippen molar-refractivity contribution in [1.82, 2.24) is 9.88 Å². The fraction of sp³-hybridized carbons (Fsp3) is 0.133. The molecule has 0 atom stereocenters. The van der Waals surface area contributed by atoms with Gasteiger partial charge in [0.25, 0.3) is 11.8 Å². The van der Waals surface area contributed by atoms with Gasteiger partial charge in [-0.15, -0.1) is 0 Å². The molecule has 5 heteroatoms. The first kappa shape index (κ1) is 13.7. The molecule has 1 aromatic carbocycles. The normalized spacial score (nSPS) is 9.90. The molecule has 0 aliphatic rings. The molecule has 2 amide bonds. The second-order valence-corrected chi connectivity index (χ2v) is 4.44. The Bertz CT molecular complexity index is 624. The van der Waals surface area contributed by atoms with E-state index in [1.165, 1.54) is 23.4 Å². The van der Waals surface area contributed by atoms with Gasteiger partial charge in [-0.05, 0) is 18.2 Å². The number of nitrogens with zero attached hydrogens (tertiary/aromatic N) is 2. The summed E-state index contributed by atoms with van der Waals surface area (Å²) in [5.41, 5.74) is 1.27. The van der Waals surface area contributed by atoms with Crippen molar-refractivity contribution in [2.75, 3.05) is 19.4 Å². The number of rotatable bonds is 3. The third kappa shape index (κ3) is 3.00. The first-order valence-corrected chi connectivity index (χ1v) is 6.11. The Hall–Kier alpha value is -2.69. The molecule has 1 aromatic heterocycles. The van der Waals surface area contributed by atoms with Gasteiger partial charge in [0.2, 0.25) is 0 Å². The number of pyridine rings is 1. The fourth-order valence-corrected chi connectivity index (χ4v) is 1.72. The zero-order valence-corrected chi connectivity index (χ0v) is 11.3. The molecule has 2 rings (SSSR count). The van der Waals surface area contributed by atoms with Gasteiger partial charge in [-0.1, -0.05) is 18.2 Å². The first-order valence-electron chi connectivity index (χ1n) is 6.11. The second-order valence-electron chi connectivity index (χ2n) is 4.44. The smallest absolute Gasteiger partial charge is 0.256 e. The molecule has 1 heterocycles. The fourth-order valence-electron chi connectivity index (χ4n) is 1.72. The van der Waals surface area contributed by atoms with Gasteiger partial charge < -0.3 is 10.2 Å². The summed E-state index contributed by atoms with van der Waals surface area (Å²) in [5, 5.41) is 2.75. The summed E-state index contributed by atoms with van der Waals surface area (Å²) >= 11 is 0. The van der Waals surface area contributed by atoms with Gasteiger partial charge in [-0.3, -0.25) is 14.6 Å². The summed E-state index contributed by atoms with van der Waals surface area (Å²) < 4.78 is 0. The molecule has 0 saturated carbocycles. The summed E-state index contributed by atoms with van der Waals surface area (Å²) in [6, 6.07) is 10.6. The first-order chi connectivity index (χ1) is 9.59. The second kappa shape index (κ2) is 5.97. The Morgan fingerprint density at radius 2 is 1.75 bits per heavy atom. The predicted octanol–water partition coefficient (Wildman–Crippen LogP) is 2.04. The average molecular weight is 269 g/mol. The van der Waals surface area contributed by atoms with Gasteiger partial charge in [-0.25, -0.2) is 0 Å². The molecule has 0 bridgehead atoms. The van der Waals surface area contributed by atoms with Crippen LogP contribution in [-0.4, -0.2) is 35.8 Å². The van der Waals surface area contributed by atoms with Gasteiger partial charge in [0.05, 0.1) is 11.1 Å². The summed E-state index contributed by atoms with van der Waals surface area (Å²) in [5.74, 6) is -0.583. The Labute approximate surface area is 117 Å². The summed E-state index contributed by atoms with van der Waals surface area (Å²) in [6.45, 7) is 0. The highest BCUT2D eigenvalue weighted by molar-refractivity contribution is 6.11. The minimum absolute atomic E-state index is 0.253. The van der Waals surface area contributed by atoms with E-state index in [2.05, 4.69) is 10.3 Å². The quantitative estimate of drug-likeness (QED) is 0.927. The third-order valence-corrected chi connectivity index (χ3v) is 2.73. The Balaban J connectivity index is 2.29. The van der Waals surface area contributed by atoms with E-state index in [9.17, 15) is 9.59 Å². The van der Waals surface area contributed by atoms with Gasteiger partial charge in [0, 0.05) is 32.2 Å². The van der Waals surface area contributed by atoms with Crippen LogP contribution < -0.4 is 5.32 Å². The lowest BCUT2D eigenvalue weighted by molar-refractivity contribution is 0.0821. The van der Waals surface area contributed by atoms with E-state index in [4.69, 9.17) is 0 Å². The van der Waals surface area contributed by atoms with Crippen molar-refractivity contribution in [2.45, 2.75) is 0 Å². The van der Waals surface area contributed by atoms with Gasteiger partial charge in [0.1, 0.15) is 0 Å². The van der Waals surface area contributed by atoms with Crippen molar-refractivity contribution in [3.63, 3.8) is 0 Å². The van der Waals surface area contributed by atoms with Crippen molar-refractivity contribution < 1.29 is 9.59 Å². The van der Waals surface area contributed by atoms with Crippen molar-refractivity contribution >= 4 is 17.5 Å². The van der Waals surface area contributed by atoms with E-state index >= 15 is 0 Å². The average Bonchev–Trinajstić information content (AvgIpc) is 2.47. The van der Waals surface area contributed by atoms with E-state index in [-0.39, 0.29) is 17.4 Å². The predicted molar refractivity (Wildman–Crippen MR) is 76.6 cm³/mol. The highest BCUT2D eigenvalue weighted by Crippen LogP contribution is 2.13. The van der Waals surface area contributed by atoms with Crippen LogP contribution in [0.15, 0.2) is 48.8 Å². The maximum absolute atomic E-state index is 12.3. The van der Waals surface area contributed by atoms with Gasteiger partial charge in [-0.2, -0.15) is 0 Å². The lowest BCUT2D eigenvalue weighted by atomic mass is 10.1. The Morgan fingerprint density at radius 3 is 2.40 bits per heavy atom. The van der Waals surface area contributed by atoms with Crippen LogP contribution in [0.2, 0.25) is 0 Å². The minimum Gasteiger partial charge on any atom is -0.345 e. The largest absolute Gasteiger partial charge is 0.345 e. The van der Waals surface area contributed by atoms with Crippen molar-refractivity contribution in [3.8, 4) is 0 Å². The summed E-state index contributed by atoms with van der Waals surface area (Å²) in [4.78, 5) is 29.6. The molecule has 0 radical (unpaired) electrons. The maximum Gasteiger partial charge on any atom is 0.256 e. The Morgan fingerprint density at radius 1 is 1.05 bits per heavy atom. The summed E-state index contributed by atoms with van der Waals surface area (Å²) in [7, 11) is 3.27. The molecular formula is C15H15N3O2. The molecule has 102 valence electrons. The van der Waals surface area contributed by atoms with E-state index in [0.29, 0.717) is 11.3 Å². The molecule has 0 aliphatic heterocycles. The SMILES string of the molecule is CN(C)C(=O)c1cnccc1C(=O)Nc1ccccc1. The number of hydrogen-bond acceptors (Lipinski definition) is 3. The molecule has 0 spiro atoms. The number of hydrogen-bond donors (Lipinski definition) is 1. The van der Waals surface area contributed by atoms with Crippen LogP contribution in [0.1, 0.15) is 20.7 Å². The summed E-state index contributed by atoms with van der Waals surface area (Å²) in [6.07, 6.45) is 2.90. The number of carbonyl (C=O) groups excluding carboxylic acids is 2. The van der Waals surface area contributed by atoms with Crippen LogP contribution in [0.4, 0.5) is 5.69 Å². The Kier molecular flexibility index (Phi) is 4.10. The highest BCUT2D eigenvalue weighted by atomic mass is 16.2. The van der Waals surface area contributed by atoms with Crippen LogP contribution in [-0.2, 0) is 0 Å². The monoisotopic (exact) mass is 269 g/mol. The maximum atomic E-state index is 12.3. The minimum atomic E-state index is -0.330. The van der Waals surface area contributed by atoms with E-state index in [0.717, 1.165) is 0 Å². The number of para-hydroxylation sites is 1. The van der Waals surface area contributed by atoms with Crippen molar-refractivity contribution in [3.05, 3.63) is 59.9 Å². The molecular weight excluding hydrogens is 254 g/mol. The number of benzene rings is 1. The molecule has 0 fully saturated rings. The molecule has 0 saturated heterocycles. The number of nitrogens with one attached hydrogen (secondary N) is 1. The van der Waals surface area contributed by atoms with Crippen molar-refractivity contribution in [1.29, 1.82) is 0 Å². The van der Waals surface area contributed by atoms with Crippen LogP contribution in [0.25, 0.3) is 0 Å². The lowest BCUT2D eigenvalue weighted by Gasteiger charge is -2.13. The van der Waals surface area contributed by atoms with Crippen molar-refractivity contribution in [2.24, 2.45) is 0 Å². The lowest BCUT2D eigenvalue weighted by Crippen LogP contribution is -2.25. The molecule has 5 nitrogen and oxygen atoms in total. The molecule has 0 unspecified atom stereocenters. The molecule has 1 N–H and O–H groups in total. The van der Waals surface area contributed by atoms with E-state index in [1.807, 2.05) is 18.2 Å². The number of anilines is 1. The topological polar surface area (TPSA) is 62.3 Å². The van der Waals surface area contributed by atoms with E-state index in [1.54, 1.807) is 26.2 Å². The van der Waals surface area contributed by atoms with Gasteiger partial charge in [0.15, 0.2) is 0 Å². The van der Waals surface area contributed by atoms with Crippen LogP contribution in [0.5, 0.6) is 0 Å². The zero-order chi connectivity index (χ0) is 14.5. The van der Waals surface area contributed by atoms with Crippen LogP contribution >= 0.6 is 0 Å². The number of carbonyl (C=O) groups is 2. The number of amides is 2. The van der Waals surface area contributed by atoms with Crippen LogP contribution in [0.3, 0.4) is 0 Å². The molecule has 20 heavy (non-hydrogen) atoms. The zero-order valence-electron chi connectivity index (χ0n) is 11.3. The molecule has 2 aromatic rings. The molecule has 0 aliphatic carbocycles.